The molecule has 1 aromatic rings. The van der Waals surface area contributed by atoms with Crippen LogP contribution in [0.4, 0.5) is 0 Å². The Morgan fingerprint density at radius 2 is 2.05 bits per heavy atom. The fourth-order valence-corrected chi connectivity index (χ4v) is 3.41. The molecular weight excluding hydrogens is 274 g/mol. The zero-order valence-electron chi connectivity index (χ0n) is 14.4. The standard InChI is InChI=1S/C19H29NO2/c1-14-6-5-9-20(11-14)12-16-13-21-17-8-7-15(19(2,3)4)10-18(17)22-16/h7-8,10,14,16H,5-6,9,11-13H2,1-4H3. The number of likely N-dealkylation sites (tertiary alicyclic amines) is 1. The van der Waals surface area contributed by atoms with Crippen LogP contribution >= 0.6 is 0 Å². The average molecular weight is 303 g/mol. The Hall–Kier alpha value is -1.22. The van der Waals surface area contributed by atoms with E-state index in [0.717, 1.165) is 24.0 Å². The van der Waals surface area contributed by atoms with Crippen molar-refractivity contribution in [3.8, 4) is 11.5 Å². The van der Waals surface area contributed by atoms with Crippen molar-refractivity contribution in [3.05, 3.63) is 23.8 Å². The van der Waals surface area contributed by atoms with Crippen LogP contribution in [0.5, 0.6) is 11.5 Å². The molecule has 2 aliphatic heterocycles. The minimum absolute atomic E-state index is 0.133. The van der Waals surface area contributed by atoms with Gasteiger partial charge in [0.15, 0.2) is 11.5 Å². The topological polar surface area (TPSA) is 21.7 Å². The molecule has 0 radical (unpaired) electrons. The van der Waals surface area contributed by atoms with E-state index >= 15 is 0 Å². The first-order valence-electron chi connectivity index (χ1n) is 8.58. The summed E-state index contributed by atoms with van der Waals surface area (Å²) in [6, 6.07) is 6.35. The lowest BCUT2D eigenvalue weighted by Gasteiger charge is -2.35. The number of hydrogen-bond donors (Lipinski definition) is 0. The number of benzene rings is 1. The van der Waals surface area contributed by atoms with Crippen molar-refractivity contribution in [3.63, 3.8) is 0 Å². The molecule has 1 fully saturated rings. The van der Waals surface area contributed by atoms with Gasteiger partial charge in [0.25, 0.3) is 0 Å². The van der Waals surface area contributed by atoms with Gasteiger partial charge in [-0.05, 0) is 48.4 Å². The van der Waals surface area contributed by atoms with E-state index in [1.165, 1.54) is 31.5 Å². The van der Waals surface area contributed by atoms with Crippen LogP contribution in [0.15, 0.2) is 18.2 Å². The molecule has 0 aliphatic carbocycles. The third kappa shape index (κ3) is 3.57. The molecule has 2 unspecified atom stereocenters. The van der Waals surface area contributed by atoms with Crippen LogP contribution < -0.4 is 9.47 Å². The van der Waals surface area contributed by atoms with Crippen LogP contribution in [0, 0.1) is 5.92 Å². The molecule has 122 valence electrons. The normalized spacial score (nSPS) is 26.0. The Morgan fingerprint density at radius 3 is 2.77 bits per heavy atom. The van der Waals surface area contributed by atoms with Gasteiger partial charge in [-0.25, -0.2) is 0 Å². The maximum absolute atomic E-state index is 6.24. The fraction of sp³-hybridized carbons (Fsp3) is 0.684. The van der Waals surface area contributed by atoms with Gasteiger partial charge < -0.3 is 9.47 Å². The van der Waals surface area contributed by atoms with Crippen molar-refractivity contribution in [2.24, 2.45) is 5.92 Å². The molecule has 0 saturated carbocycles. The van der Waals surface area contributed by atoms with Gasteiger partial charge in [-0.15, -0.1) is 0 Å². The predicted molar refractivity (Wildman–Crippen MR) is 89.9 cm³/mol. The van der Waals surface area contributed by atoms with Gasteiger partial charge in [-0.2, -0.15) is 0 Å². The minimum Gasteiger partial charge on any atom is -0.486 e. The number of hydrogen-bond acceptors (Lipinski definition) is 3. The monoisotopic (exact) mass is 303 g/mol. The van der Waals surface area contributed by atoms with E-state index in [1.54, 1.807) is 0 Å². The average Bonchev–Trinajstić information content (AvgIpc) is 2.45. The minimum atomic E-state index is 0.133. The van der Waals surface area contributed by atoms with Gasteiger partial charge in [-0.1, -0.05) is 33.8 Å². The molecule has 3 rings (SSSR count). The zero-order valence-corrected chi connectivity index (χ0v) is 14.4. The van der Waals surface area contributed by atoms with Crippen LogP contribution in [0.25, 0.3) is 0 Å². The molecule has 0 aromatic heterocycles. The van der Waals surface area contributed by atoms with E-state index < -0.39 is 0 Å². The highest BCUT2D eigenvalue weighted by Gasteiger charge is 2.26. The highest BCUT2D eigenvalue weighted by atomic mass is 16.6. The highest BCUT2D eigenvalue weighted by Crippen LogP contribution is 2.36. The Balaban J connectivity index is 1.67. The summed E-state index contributed by atoms with van der Waals surface area (Å²) in [6.07, 6.45) is 2.81. The van der Waals surface area contributed by atoms with Crippen LogP contribution in [-0.4, -0.2) is 37.2 Å². The van der Waals surface area contributed by atoms with Crippen molar-refractivity contribution in [2.75, 3.05) is 26.2 Å². The fourth-order valence-electron chi connectivity index (χ4n) is 3.41. The molecule has 0 spiro atoms. The van der Waals surface area contributed by atoms with Crippen molar-refractivity contribution >= 4 is 0 Å². The Kier molecular flexibility index (Phi) is 4.35. The Bertz CT molecular complexity index is 521. The molecule has 0 amide bonds. The molecule has 3 nitrogen and oxygen atoms in total. The molecule has 1 aromatic carbocycles. The third-order valence-corrected chi connectivity index (χ3v) is 4.73. The van der Waals surface area contributed by atoms with Gasteiger partial charge in [-0.3, -0.25) is 4.90 Å². The van der Waals surface area contributed by atoms with Crippen molar-refractivity contribution in [1.29, 1.82) is 0 Å². The summed E-state index contributed by atoms with van der Waals surface area (Å²) < 4.78 is 12.2. The summed E-state index contributed by atoms with van der Waals surface area (Å²) in [5, 5.41) is 0. The maximum atomic E-state index is 6.24. The number of fused-ring (bicyclic) bond motifs is 1. The van der Waals surface area contributed by atoms with Gasteiger partial charge in [0.1, 0.15) is 12.7 Å². The van der Waals surface area contributed by atoms with Crippen molar-refractivity contribution in [2.45, 2.75) is 52.1 Å². The molecule has 2 aliphatic rings. The molecule has 3 heteroatoms. The molecule has 0 N–H and O–H groups in total. The Labute approximate surface area is 134 Å². The first kappa shape index (κ1) is 15.7. The maximum Gasteiger partial charge on any atom is 0.162 e. The van der Waals surface area contributed by atoms with E-state index in [9.17, 15) is 0 Å². The molecule has 0 bridgehead atoms. The van der Waals surface area contributed by atoms with E-state index in [2.05, 4.69) is 50.8 Å². The number of ether oxygens (including phenoxy) is 2. The van der Waals surface area contributed by atoms with E-state index in [1.807, 2.05) is 0 Å². The smallest absolute Gasteiger partial charge is 0.162 e. The van der Waals surface area contributed by atoms with Gasteiger partial charge >= 0.3 is 0 Å². The summed E-state index contributed by atoms with van der Waals surface area (Å²) in [6.45, 7) is 13.0. The summed E-state index contributed by atoms with van der Waals surface area (Å²) >= 11 is 0. The van der Waals surface area contributed by atoms with Crippen molar-refractivity contribution in [1.82, 2.24) is 4.90 Å². The van der Waals surface area contributed by atoms with Gasteiger partial charge in [0, 0.05) is 13.1 Å². The van der Waals surface area contributed by atoms with Gasteiger partial charge in [0.2, 0.25) is 0 Å². The molecule has 1 saturated heterocycles. The Morgan fingerprint density at radius 1 is 1.23 bits per heavy atom. The van der Waals surface area contributed by atoms with Crippen LogP contribution in [-0.2, 0) is 5.41 Å². The van der Waals surface area contributed by atoms with E-state index in [4.69, 9.17) is 9.47 Å². The highest BCUT2D eigenvalue weighted by molar-refractivity contribution is 5.45. The summed E-state index contributed by atoms with van der Waals surface area (Å²) in [5.74, 6) is 2.60. The second kappa shape index (κ2) is 6.11. The quantitative estimate of drug-likeness (QED) is 0.828. The molecule has 22 heavy (non-hydrogen) atoms. The lowest BCUT2D eigenvalue weighted by atomic mass is 9.87. The van der Waals surface area contributed by atoms with Crippen LogP contribution in [0.2, 0.25) is 0 Å². The van der Waals surface area contributed by atoms with Crippen molar-refractivity contribution < 1.29 is 9.47 Å². The first-order valence-corrected chi connectivity index (χ1v) is 8.58. The lowest BCUT2D eigenvalue weighted by molar-refractivity contribution is 0.0464. The van der Waals surface area contributed by atoms with Crippen LogP contribution in [0.1, 0.15) is 46.1 Å². The first-order chi connectivity index (χ1) is 10.4. The summed E-state index contributed by atoms with van der Waals surface area (Å²) in [5.41, 5.74) is 1.43. The lowest BCUT2D eigenvalue weighted by Crippen LogP contribution is -2.44. The van der Waals surface area contributed by atoms with Gasteiger partial charge in [0.05, 0.1) is 0 Å². The molecule has 2 heterocycles. The number of rotatable bonds is 2. The number of nitrogens with zero attached hydrogens (tertiary/aromatic N) is 1. The summed E-state index contributed by atoms with van der Waals surface area (Å²) in [4.78, 5) is 2.53. The van der Waals surface area contributed by atoms with Crippen LogP contribution in [0.3, 0.4) is 0 Å². The molecular formula is C19H29NO2. The molecule has 2 atom stereocenters. The second-order valence-electron chi connectivity index (χ2n) is 7.97. The third-order valence-electron chi connectivity index (χ3n) is 4.73. The number of piperidine rings is 1. The summed E-state index contributed by atoms with van der Waals surface area (Å²) in [7, 11) is 0. The second-order valence-corrected chi connectivity index (χ2v) is 7.97. The zero-order chi connectivity index (χ0) is 15.7. The largest absolute Gasteiger partial charge is 0.486 e. The predicted octanol–water partition coefficient (Wildman–Crippen LogP) is 3.86. The van der Waals surface area contributed by atoms with E-state index in [-0.39, 0.29) is 11.5 Å². The van der Waals surface area contributed by atoms with E-state index in [0.29, 0.717) is 6.61 Å². The SMILES string of the molecule is CC1CCCN(CC2COc3ccc(C(C)(C)C)cc3O2)C1.